The Bertz CT molecular complexity index is 667. The standard InChI is InChI=1S/C19H26O4S/c1-5-6-10-16(15-18(20)23-19(2,3)4)13-14-24(21,22)17-11-8-7-9-12-17/h5,7-9,11-14,16H,1,6,10,15H2,2-4H3. The minimum Gasteiger partial charge on any atom is -0.460 e. The van der Waals surface area contributed by atoms with Crippen LogP contribution in [0.5, 0.6) is 0 Å². The Kier molecular flexibility index (Phi) is 7.42. The summed E-state index contributed by atoms with van der Waals surface area (Å²) in [6.45, 7) is 9.08. The molecular weight excluding hydrogens is 324 g/mol. The Hall–Kier alpha value is -1.88. The molecule has 0 radical (unpaired) electrons. The minimum absolute atomic E-state index is 0.145. The van der Waals surface area contributed by atoms with E-state index >= 15 is 0 Å². The molecule has 0 aliphatic heterocycles. The van der Waals surface area contributed by atoms with Gasteiger partial charge in [0.1, 0.15) is 5.60 Å². The van der Waals surface area contributed by atoms with Crippen molar-refractivity contribution in [3.8, 4) is 0 Å². The Morgan fingerprint density at radius 2 is 1.88 bits per heavy atom. The van der Waals surface area contributed by atoms with Crippen molar-refractivity contribution in [2.24, 2.45) is 5.92 Å². The van der Waals surface area contributed by atoms with Crippen molar-refractivity contribution < 1.29 is 17.9 Å². The lowest BCUT2D eigenvalue weighted by Gasteiger charge is -2.21. The number of hydrogen-bond acceptors (Lipinski definition) is 4. The molecule has 0 spiro atoms. The molecule has 0 aromatic heterocycles. The van der Waals surface area contributed by atoms with Gasteiger partial charge in [-0.15, -0.1) is 6.58 Å². The zero-order chi connectivity index (χ0) is 18.2. The third kappa shape index (κ3) is 7.59. The van der Waals surface area contributed by atoms with Crippen LogP contribution in [0, 0.1) is 5.92 Å². The lowest BCUT2D eigenvalue weighted by atomic mass is 9.99. The van der Waals surface area contributed by atoms with E-state index in [1.807, 2.05) is 0 Å². The third-order valence-corrected chi connectivity index (χ3v) is 4.64. The number of benzene rings is 1. The molecule has 0 fully saturated rings. The largest absolute Gasteiger partial charge is 0.460 e. The number of sulfone groups is 1. The number of rotatable bonds is 8. The van der Waals surface area contributed by atoms with E-state index in [4.69, 9.17) is 4.74 Å². The second-order valence-electron chi connectivity index (χ2n) is 6.60. The van der Waals surface area contributed by atoms with Gasteiger partial charge in [-0.2, -0.15) is 0 Å². The average molecular weight is 350 g/mol. The van der Waals surface area contributed by atoms with Gasteiger partial charge in [0.25, 0.3) is 0 Å². The molecule has 1 aromatic rings. The molecule has 0 heterocycles. The predicted molar refractivity (Wildman–Crippen MR) is 96.2 cm³/mol. The summed E-state index contributed by atoms with van der Waals surface area (Å²) < 4.78 is 29.9. The summed E-state index contributed by atoms with van der Waals surface area (Å²) in [6, 6.07) is 8.21. The van der Waals surface area contributed by atoms with Gasteiger partial charge in [-0.05, 0) is 51.7 Å². The second kappa shape index (κ2) is 8.83. The predicted octanol–water partition coefficient (Wildman–Crippen LogP) is 4.29. The van der Waals surface area contributed by atoms with Gasteiger partial charge in [0.15, 0.2) is 9.84 Å². The summed E-state index contributed by atoms with van der Waals surface area (Å²) in [5.74, 6) is -0.547. The van der Waals surface area contributed by atoms with Gasteiger partial charge < -0.3 is 4.74 Å². The van der Waals surface area contributed by atoms with Crippen LogP contribution in [0.3, 0.4) is 0 Å². The molecule has 0 saturated carbocycles. The molecule has 0 bridgehead atoms. The summed E-state index contributed by atoms with van der Waals surface area (Å²) in [7, 11) is -3.51. The van der Waals surface area contributed by atoms with Gasteiger partial charge in [0.2, 0.25) is 0 Å². The molecule has 24 heavy (non-hydrogen) atoms. The zero-order valence-electron chi connectivity index (χ0n) is 14.6. The van der Waals surface area contributed by atoms with Gasteiger partial charge in [0.05, 0.1) is 11.3 Å². The van der Waals surface area contributed by atoms with Gasteiger partial charge >= 0.3 is 5.97 Å². The Morgan fingerprint density at radius 3 is 2.42 bits per heavy atom. The number of ether oxygens (including phenoxy) is 1. The smallest absolute Gasteiger partial charge is 0.306 e. The fraction of sp³-hybridized carbons (Fsp3) is 0.421. The normalized spacial score (nSPS) is 13.6. The van der Waals surface area contributed by atoms with Crippen molar-refractivity contribution in [3.63, 3.8) is 0 Å². The zero-order valence-corrected chi connectivity index (χ0v) is 15.4. The molecule has 4 nitrogen and oxygen atoms in total. The van der Waals surface area contributed by atoms with Crippen LogP contribution >= 0.6 is 0 Å². The van der Waals surface area contributed by atoms with E-state index < -0.39 is 15.4 Å². The van der Waals surface area contributed by atoms with Gasteiger partial charge in [0, 0.05) is 5.41 Å². The first kappa shape index (κ1) is 20.2. The first-order valence-electron chi connectivity index (χ1n) is 7.95. The van der Waals surface area contributed by atoms with Crippen molar-refractivity contribution in [2.75, 3.05) is 0 Å². The van der Waals surface area contributed by atoms with E-state index in [-0.39, 0.29) is 23.2 Å². The maximum absolute atomic E-state index is 12.3. The maximum Gasteiger partial charge on any atom is 0.306 e. The fourth-order valence-corrected chi connectivity index (χ4v) is 3.22. The molecule has 5 heteroatoms. The summed E-state index contributed by atoms with van der Waals surface area (Å²) in [5.41, 5.74) is -0.556. The molecule has 1 unspecified atom stereocenters. The molecule has 0 aliphatic rings. The lowest BCUT2D eigenvalue weighted by Crippen LogP contribution is -2.25. The van der Waals surface area contributed by atoms with Crippen LogP contribution in [0.15, 0.2) is 59.4 Å². The summed E-state index contributed by atoms with van der Waals surface area (Å²) in [5, 5.41) is 1.18. The quantitative estimate of drug-likeness (QED) is 0.518. The highest BCUT2D eigenvalue weighted by molar-refractivity contribution is 7.94. The molecule has 0 aliphatic carbocycles. The maximum atomic E-state index is 12.3. The molecule has 0 amide bonds. The highest BCUT2D eigenvalue weighted by Gasteiger charge is 2.20. The lowest BCUT2D eigenvalue weighted by molar-refractivity contribution is -0.155. The van der Waals surface area contributed by atoms with E-state index in [1.54, 1.807) is 63.3 Å². The molecule has 1 atom stereocenters. The van der Waals surface area contributed by atoms with Crippen LogP contribution in [0.2, 0.25) is 0 Å². The fourth-order valence-electron chi connectivity index (χ4n) is 2.10. The Balaban J connectivity index is 2.85. The highest BCUT2D eigenvalue weighted by Crippen LogP contribution is 2.19. The van der Waals surface area contributed by atoms with Gasteiger partial charge in [-0.25, -0.2) is 8.42 Å². The van der Waals surface area contributed by atoms with Gasteiger partial charge in [-0.1, -0.05) is 30.4 Å². The minimum atomic E-state index is -3.51. The van der Waals surface area contributed by atoms with Crippen LogP contribution in [-0.4, -0.2) is 20.0 Å². The van der Waals surface area contributed by atoms with Crippen molar-refractivity contribution >= 4 is 15.8 Å². The summed E-state index contributed by atoms with van der Waals surface area (Å²) in [4.78, 5) is 12.2. The number of esters is 1. The SMILES string of the molecule is C=CCCC(C=CS(=O)(=O)c1ccccc1)CC(=O)OC(C)(C)C. The van der Waals surface area contributed by atoms with E-state index in [0.717, 1.165) is 0 Å². The van der Waals surface area contributed by atoms with Crippen molar-refractivity contribution in [3.05, 3.63) is 54.5 Å². The van der Waals surface area contributed by atoms with E-state index in [1.165, 1.54) is 5.41 Å². The average Bonchev–Trinajstić information content (AvgIpc) is 2.49. The highest BCUT2D eigenvalue weighted by atomic mass is 32.2. The van der Waals surface area contributed by atoms with Crippen LogP contribution in [0.25, 0.3) is 0 Å². The number of hydrogen-bond donors (Lipinski definition) is 0. The number of carbonyl (C=O) groups excluding carboxylic acids is 1. The van der Waals surface area contributed by atoms with Crippen molar-refractivity contribution in [1.29, 1.82) is 0 Å². The van der Waals surface area contributed by atoms with Crippen LogP contribution in [0.1, 0.15) is 40.0 Å². The Morgan fingerprint density at radius 1 is 1.25 bits per heavy atom. The topological polar surface area (TPSA) is 60.4 Å². The molecule has 1 rings (SSSR count). The number of allylic oxidation sites excluding steroid dienone is 2. The van der Waals surface area contributed by atoms with Crippen LogP contribution < -0.4 is 0 Å². The van der Waals surface area contributed by atoms with Crippen LogP contribution in [-0.2, 0) is 19.4 Å². The third-order valence-electron chi connectivity index (χ3n) is 3.19. The van der Waals surface area contributed by atoms with E-state index in [9.17, 15) is 13.2 Å². The second-order valence-corrected chi connectivity index (χ2v) is 8.44. The molecule has 0 N–H and O–H groups in total. The van der Waals surface area contributed by atoms with Crippen molar-refractivity contribution in [1.82, 2.24) is 0 Å². The number of carbonyl (C=O) groups is 1. The monoisotopic (exact) mass is 350 g/mol. The summed E-state index contributed by atoms with van der Waals surface area (Å²) >= 11 is 0. The van der Waals surface area contributed by atoms with E-state index in [0.29, 0.717) is 12.8 Å². The molecule has 1 aromatic carbocycles. The van der Waals surface area contributed by atoms with Crippen LogP contribution in [0.4, 0.5) is 0 Å². The Labute approximate surface area is 145 Å². The molecule has 132 valence electrons. The van der Waals surface area contributed by atoms with Crippen molar-refractivity contribution in [2.45, 2.75) is 50.5 Å². The van der Waals surface area contributed by atoms with Gasteiger partial charge in [-0.3, -0.25) is 4.79 Å². The molecular formula is C19H26O4S. The summed E-state index contributed by atoms with van der Waals surface area (Å²) in [6.07, 6.45) is 4.82. The first-order chi connectivity index (χ1) is 11.1. The first-order valence-corrected chi connectivity index (χ1v) is 9.50. The molecule has 0 saturated heterocycles. The van der Waals surface area contributed by atoms with E-state index in [2.05, 4.69) is 6.58 Å².